The summed E-state index contributed by atoms with van der Waals surface area (Å²) in [4.78, 5) is 51.6. The molecule has 5 amide bonds. The fraction of sp³-hybridized carbons (Fsp3) is 0.474. The molecule has 2 fully saturated rings. The Morgan fingerprint density at radius 2 is 1.93 bits per heavy atom. The molecule has 1 aromatic rings. The van der Waals surface area contributed by atoms with Crippen molar-refractivity contribution in [1.82, 2.24) is 9.80 Å². The number of halogens is 1. The highest BCUT2D eigenvalue weighted by Crippen LogP contribution is 2.31. The Balaban J connectivity index is 1.72. The molecule has 9 heteroatoms. The minimum Gasteiger partial charge on any atom is -0.495 e. The number of carbonyl (C=O) groups excluding carboxylic acids is 4. The summed E-state index contributed by atoms with van der Waals surface area (Å²) in [5, 5.41) is 2.95. The van der Waals surface area contributed by atoms with Gasteiger partial charge in [-0.1, -0.05) is 31.4 Å². The summed E-state index contributed by atoms with van der Waals surface area (Å²) >= 11 is 5.93. The van der Waals surface area contributed by atoms with Gasteiger partial charge < -0.3 is 10.1 Å². The van der Waals surface area contributed by atoms with E-state index in [1.54, 1.807) is 12.1 Å². The number of rotatable bonds is 5. The van der Waals surface area contributed by atoms with Crippen LogP contribution >= 0.6 is 11.6 Å². The number of nitrogens with one attached hydrogen (secondary N) is 1. The molecule has 0 radical (unpaired) electrons. The number of carbonyl (C=O) groups is 4. The maximum atomic E-state index is 12.7. The number of nitrogens with zero attached hydrogens (tertiary/aromatic N) is 2. The second-order valence-electron chi connectivity index (χ2n) is 7.07. The van der Waals surface area contributed by atoms with E-state index in [1.807, 2.05) is 6.92 Å². The molecule has 1 N–H and O–H groups in total. The van der Waals surface area contributed by atoms with Crippen LogP contribution in [0.25, 0.3) is 0 Å². The molecule has 0 unspecified atom stereocenters. The van der Waals surface area contributed by atoms with Gasteiger partial charge in [0, 0.05) is 11.1 Å². The standard InChI is InChI=1S/C19H22ClN3O5/c1-11-5-3-4-6-14(11)23-18(26)17(25)22(19(23)27)10-16(24)21-13-9-12(20)7-8-15(13)28-2/h7-9,11,14H,3-6,10H2,1-2H3,(H,21,24)/t11-,14-/m0/s1. The van der Waals surface area contributed by atoms with Crippen LogP contribution in [0.3, 0.4) is 0 Å². The van der Waals surface area contributed by atoms with Gasteiger partial charge in [-0.15, -0.1) is 0 Å². The van der Waals surface area contributed by atoms with Crippen molar-refractivity contribution in [3.8, 4) is 5.75 Å². The number of benzene rings is 1. The predicted octanol–water partition coefficient (Wildman–Crippen LogP) is 2.66. The Morgan fingerprint density at radius 3 is 2.61 bits per heavy atom. The van der Waals surface area contributed by atoms with Crippen LogP contribution in [0.15, 0.2) is 18.2 Å². The van der Waals surface area contributed by atoms with Gasteiger partial charge in [0.2, 0.25) is 5.91 Å². The third-order valence-electron chi connectivity index (χ3n) is 5.22. The monoisotopic (exact) mass is 407 g/mol. The van der Waals surface area contributed by atoms with Gasteiger partial charge >= 0.3 is 17.8 Å². The Kier molecular flexibility index (Phi) is 5.88. The molecular formula is C19H22ClN3O5. The molecule has 0 bridgehead atoms. The van der Waals surface area contributed by atoms with Gasteiger partial charge in [-0.25, -0.2) is 9.69 Å². The second kappa shape index (κ2) is 8.18. The molecule has 2 aliphatic rings. The maximum Gasteiger partial charge on any atom is 0.334 e. The molecule has 1 saturated heterocycles. The lowest BCUT2D eigenvalue weighted by Gasteiger charge is -2.34. The number of hydrogen-bond acceptors (Lipinski definition) is 5. The van der Waals surface area contributed by atoms with Gasteiger partial charge in [0.05, 0.1) is 12.8 Å². The first-order valence-corrected chi connectivity index (χ1v) is 9.53. The van der Waals surface area contributed by atoms with Gasteiger partial charge in [-0.2, -0.15) is 0 Å². The highest BCUT2D eigenvalue weighted by atomic mass is 35.5. The van der Waals surface area contributed by atoms with Crippen molar-refractivity contribution >= 4 is 41.0 Å². The van der Waals surface area contributed by atoms with E-state index >= 15 is 0 Å². The summed E-state index contributed by atoms with van der Waals surface area (Å²) in [6, 6.07) is 3.64. The van der Waals surface area contributed by atoms with Crippen molar-refractivity contribution in [2.24, 2.45) is 5.92 Å². The van der Waals surface area contributed by atoms with Crippen LogP contribution in [0.4, 0.5) is 10.5 Å². The lowest BCUT2D eigenvalue weighted by atomic mass is 9.85. The quantitative estimate of drug-likeness (QED) is 0.598. The smallest absolute Gasteiger partial charge is 0.334 e. The third kappa shape index (κ3) is 3.82. The van der Waals surface area contributed by atoms with Crippen LogP contribution in [0, 0.1) is 5.92 Å². The minimum absolute atomic E-state index is 0.124. The molecule has 1 saturated carbocycles. The summed E-state index contributed by atoms with van der Waals surface area (Å²) in [6.07, 6.45) is 3.50. The fourth-order valence-corrected chi connectivity index (χ4v) is 3.92. The highest BCUT2D eigenvalue weighted by molar-refractivity contribution is 6.45. The highest BCUT2D eigenvalue weighted by Gasteiger charge is 2.49. The number of ether oxygens (including phenoxy) is 1. The molecule has 1 aromatic carbocycles. The normalized spacial score (nSPS) is 22.6. The summed E-state index contributed by atoms with van der Waals surface area (Å²) in [5.74, 6) is -1.97. The van der Waals surface area contributed by atoms with Crippen LogP contribution in [0.2, 0.25) is 5.02 Å². The van der Waals surface area contributed by atoms with Crippen molar-refractivity contribution in [3.05, 3.63) is 23.2 Å². The van der Waals surface area contributed by atoms with E-state index in [4.69, 9.17) is 16.3 Å². The largest absolute Gasteiger partial charge is 0.495 e. The molecule has 3 rings (SSSR count). The summed E-state index contributed by atoms with van der Waals surface area (Å²) < 4.78 is 5.16. The molecule has 1 heterocycles. The SMILES string of the molecule is COc1ccc(Cl)cc1NC(=O)CN1C(=O)C(=O)N([C@H]2CCCC[C@@H]2C)C1=O. The first-order chi connectivity index (χ1) is 13.3. The average molecular weight is 408 g/mol. The number of methoxy groups -OCH3 is 1. The number of imide groups is 2. The molecule has 0 aromatic heterocycles. The van der Waals surface area contributed by atoms with Crippen LogP contribution in [-0.2, 0) is 14.4 Å². The third-order valence-corrected chi connectivity index (χ3v) is 5.45. The zero-order chi connectivity index (χ0) is 20.4. The van der Waals surface area contributed by atoms with Crippen LogP contribution < -0.4 is 10.1 Å². The molecule has 8 nitrogen and oxygen atoms in total. The van der Waals surface area contributed by atoms with Crippen molar-refractivity contribution in [2.45, 2.75) is 38.6 Å². The minimum atomic E-state index is -0.976. The van der Waals surface area contributed by atoms with Gasteiger partial charge in [0.15, 0.2) is 0 Å². The topological polar surface area (TPSA) is 96.0 Å². The Bertz CT molecular complexity index is 828. The van der Waals surface area contributed by atoms with E-state index in [1.165, 1.54) is 13.2 Å². The zero-order valence-corrected chi connectivity index (χ0v) is 16.5. The molecule has 0 spiro atoms. The Labute approximate surface area is 167 Å². The van der Waals surface area contributed by atoms with E-state index in [0.717, 1.165) is 24.2 Å². The van der Waals surface area contributed by atoms with Gasteiger partial charge in [0.1, 0.15) is 12.3 Å². The molecular weight excluding hydrogens is 386 g/mol. The number of hydrogen-bond donors (Lipinski definition) is 1. The van der Waals surface area contributed by atoms with E-state index in [9.17, 15) is 19.2 Å². The lowest BCUT2D eigenvalue weighted by molar-refractivity contribution is -0.145. The van der Waals surface area contributed by atoms with Crippen molar-refractivity contribution < 1.29 is 23.9 Å². The van der Waals surface area contributed by atoms with Crippen molar-refractivity contribution in [1.29, 1.82) is 0 Å². The fourth-order valence-electron chi connectivity index (χ4n) is 3.75. The van der Waals surface area contributed by atoms with E-state index in [0.29, 0.717) is 27.8 Å². The van der Waals surface area contributed by atoms with E-state index < -0.39 is 30.3 Å². The van der Waals surface area contributed by atoms with E-state index in [2.05, 4.69) is 5.32 Å². The summed E-state index contributed by atoms with van der Waals surface area (Å²) in [7, 11) is 1.44. The molecule has 1 aliphatic heterocycles. The molecule has 1 aliphatic carbocycles. The first-order valence-electron chi connectivity index (χ1n) is 9.16. The maximum absolute atomic E-state index is 12.7. The summed E-state index contributed by atoms with van der Waals surface area (Å²) in [5.41, 5.74) is 0.309. The average Bonchev–Trinajstić information content (AvgIpc) is 2.86. The first kappa shape index (κ1) is 20.1. The van der Waals surface area contributed by atoms with Crippen LogP contribution in [0.5, 0.6) is 5.75 Å². The number of amides is 5. The lowest BCUT2D eigenvalue weighted by Crippen LogP contribution is -2.46. The van der Waals surface area contributed by atoms with Crippen LogP contribution in [0.1, 0.15) is 32.6 Å². The van der Waals surface area contributed by atoms with Gasteiger partial charge in [-0.05, 0) is 37.0 Å². The second-order valence-corrected chi connectivity index (χ2v) is 7.51. The van der Waals surface area contributed by atoms with Crippen LogP contribution in [-0.4, -0.2) is 53.2 Å². The van der Waals surface area contributed by atoms with Crippen molar-refractivity contribution in [2.75, 3.05) is 19.0 Å². The Morgan fingerprint density at radius 1 is 1.21 bits per heavy atom. The van der Waals surface area contributed by atoms with Gasteiger partial charge in [0.25, 0.3) is 0 Å². The molecule has 150 valence electrons. The number of anilines is 1. The molecule has 28 heavy (non-hydrogen) atoms. The predicted molar refractivity (Wildman–Crippen MR) is 102 cm³/mol. The Hall–Kier alpha value is -2.61. The van der Waals surface area contributed by atoms with Gasteiger partial charge in [-0.3, -0.25) is 19.3 Å². The van der Waals surface area contributed by atoms with Crippen molar-refractivity contribution in [3.63, 3.8) is 0 Å². The van der Waals surface area contributed by atoms with E-state index in [-0.39, 0.29) is 12.0 Å². The zero-order valence-electron chi connectivity index (χ0n) is 15.7. The molecule has 2 atom stereocenters. The number of urea groups is 1. The summed E-state index contributed by atoms with van der Waals surface area (Å²) in [6.45, 7) is 1.41.